The van der Waals surface area contributed by atoms with Gasteiger partial charge < -0.3 is 5.73 Å². The molecule has 0 aliphatic rings. The fourth-order valence-electron chi connectivity index (χ4n) is 2.03. The first-order chi connectivity index (χ1) is 9.36. The van der Waals surface area contributed by atoms with E-state index in [1.807, 2.05) is 6.07 Å². The summed E-state index contributed by atoms with van der Waals surface area (Å²) in [5.74, 6) is 0.956. The summed E-state index contributed by atoms with van der Waals surface area (Å²) in [7, 11) is 0. The molecule has 0 spiro atoms. The number of aryl methyl sites for hydroxylation is 1. The molecule has 0 radical (unpaired) electrons. The zero-order valence-corrected chi connectivity index (χ0v) is 13.6. The second-order valence-corrected chi connectivity index (χ2v) is 7.29. The maximum Gasteiger partial charge on any atom is 0.0452 e. The average molecular weight is 285 g/mol. The topological polar surface area (TPSA) is 26.0 Å². The molecule has 2 N–H and O–H groups in total. The van der Waals surface area contributed by atoms with Gasteiger partial charge in [0, 0.05) is 16.3 Å². The van der Waals surface area contributed by atoms with Gasteiger partial charge in [0.15, 0.2) is 0 Å². The first-order valence-electron chi connectivity index (χ1n) is 6.94. The van der Waals surface area contributed by atoms with E-state index in [0.29, 0.717) is 0 Å². The zero-order valence-electron chi connectivity index (χ0n) is 12.7. The molecule has 0 aromatic heterocycles. The molecule has 0 amide bonds. The molecule has 20 heavy (non-hydrogen) atoms. The number of hydrogen-bond donors (Lipinski definition) is 1. The van der Waals surface area contributed by atoms with E-state index in [0.717, 1.165) is 11.4 Å². The highest BCUT2D eigenvalue weighted by Crippen LogP contribution is 2.30. The van der Waals surface area contributed by atoms with Gasteiger partial charge in [-0.3, -0.25) is 0 Å². The third-order valence-electron chi connectivity index (χ3n) is 3.38. The van der Waals surface area contributed by atoms with Crippen LogP contribution in [0.15, 0.2) is 47.4 Å². The predicted molar refractivity (Wildman–Crippen MR) is 90.3 cm³/mol. The summed E-state index contributed by atoms with van der Waals surface area (Å²) in [6.45, 7) is 8.82. The third-order valence-corrected chi connectivity index (χ3v) is 4.53. The lowest BCUT2D eigenvalue weighted by atomic mass is 9.87. The maximum absolute atomic E-state index is 6.01. The standard InChI is InChI=1S/C18H23NS/c1-13-5-10-16(19)17(11-13)20-12-14-6-8-15(9-7-14)18(2,3)4/h5-11H,12,19H2,1-4H3. The number of rotatable bonds is 3. The van der Waals surface area contributed by atoms with E-state index in [-0.39, 0.29) is 5.41 Å². The smallest absolute Gasteiger partial charge is 0.0452 e. The van der Waals surface area contributed by atoms with Crippen molar-refractivity contribution in [2.75, 3.05) is 5.73 Å². The van der Waals surface area contributed by atoms with Crippen LogP contribution < -0.4 is 5.73 Å². The van der Waals surface area contributed by atoms with Crippen LogP contribution in [0.1, 0.15) is 37.5 Å². The third kappa shape index (κ3) is 3.80. The van der Waals surface area contributed by atoms with Gasteiger partial charge in [-0.25, -0.2) is 0 Å². The van der Waals surface area contributed by atoms with Crippen LogP contribution >= 0.6 is 11.8 Å². The highest BCUT2D eigenvalue weighted by Gasteiger charge is 2.12. The molecule has 2 rings (SSSR count). The Bertz CT molecular complexity index is 579. The number of anilines is 1. The molecule has 2 aromatic carbocycles. The largest absolute Gasteiger partial charge is 0.398 e. The summed E-state index contributed by atoms with van der Waals surface area (Å²) in [5, 5.41) is 0. The van der Waals surface area contributed by atoms with Crippen LogP contribution in [0, 0.1) is 6.92 Å². The van der Waals surface area contributed by atoms with Gasteiger partial charge in [0.1, 0.15) is 0 Å². The minimum absolute atomic E-state index is 0.215. The second kappa shape index (κ2) is 5.92. The SMILES string of the molecule is Cc1ccc(N)c(SCc2ccc(C(C)(C)C)cc2)c1. The minimum atomic E-state index is 0.215. The van der Waals surface area contributed by atoms with E-state index < -0.39 is 0 Å². The van der Waals surface area contributed by atoms with Gasteiger partial charge in [0.05, 0.1) is 0 Å². The quantitative estimate of drug-likeness (QED) is 0.622. The molecule has 2 heteroatoms. The summed E-state index contributed by atoms with van der Waals surface area (Å²) >= 11 is 1.80. The number of nitrogen functional groups attached to an aromatic ring is 1. The van der Waals surface area contributed by atoms with Crippen molar-refractivity contribution in [1.82, 2.24) is 0 Å². The highest BCUT2D eigenvalue weighted by atomic mass is 32.2. The molecule has 106 valence electrons. The van der Waals surface area contributed by atoms with Gasteiger partial charge in [0.2, 0.25) is 0 Å². The lowest BCUT2D eigenvalue weighted by Crippen LogP contribution is -2.10. The lowest BCUT2D eigenvalue weighted by molar-refractivity contribution is 0.590. The van der Waals surface area contributed by atoms with E-state index in [2.05, 4.69) is 64.1 Å². The van der Waals surface area contributed by atoms with Gasteiger partial charge in [-0.05, 0) is 41.2 Å². The van der Waals surface area contributed by atoms with Crippen molar-refractivity contribution in [1.29, 1.82) is 0 Å². The van der Waals surface area contributed by atoms with Crippen molar-refractivity contribution in [3.63, 3.8) is 0 Å². The van der Waals surface area contributed by atoms with Crippen molar-refractivity contribution in [2.24, 2.45) is 0 Å². The van der Waals surface area contributed by atoms with Crippen molar-refractivity contribution in [3.8, 4) is 0 Å². The van der Waals surface area contributed by atoms with Gasteiger partial charge in [-0.1, -0.05) is 51.1 Å². The van der Waals surface area contributed by atoms with Crippen LogP contribution in [-0.2, 0) is 11.2 Å². The summed E-state index contributed by atoms with van der Waals surface area (Å²) in [6.07, 6.45) is 0. The van der Waals surface area contributed by atoms with Crippen LogP contribution in [-0.4, -0.2) is 0 Å². The van der Waals surface area contributed by atoms with Gasteiger partial charge in [0.25, 0.3) is 0 Å². The Kier molecular flexibility index (Phi) is 4.44. The molecule has 2 aromatic rings. The van der Waals surface area contributed by atoms with Crippen LogP contribution in [0.25, 0.3) is 0 Å². The second-order valence-electron chi connectivity index (χ2n) is 6.28. The van der Waals surface area contributed by atoms with E-state index in [1.165, 1.54) is 21.6 Å². The fourth-order valence-corrected chi connectivity index (χ4v) is 3.05. The zero-order chi connectivity index (χ0) is 14.8. The summed E-state index contributed by atoms with van der Waals surface area (Å²) in [6, 6.07) is 15.1. The molecule has 0 atom stereocenters. The Hall–Kier alpha value is -1.41. The summed E-state index contributed by atoms with van der Waals surface area (Å²) in [4.78, 5) is 1.17. The van der Waals surface area contributed by atoms with Crippen molar-refractivity contribution in [2.45, 2.75) is 43.8 Å². The van der Waals surface area contributed by atoms with Crippen LogP contribution in [0.5, 0.6) is 0 Å². The lowest BCUT2D eigenvalue weighted by Gasteiger charge is -2.19. The monoisotopic (exact) mass is 285 g/mol. The predicted octanol–water partition coefficient (Wildman–Crippen LogP) is 5.17. The van der Waals surface area contributed by atoms with Crippen molar-refractivity contribution >= 4 is 17.4 Å². The molecule has 0 aliphatic carbocycles. The number of benzene rings is 2. The molecule has 0 heterocycles. The summed E-state index contributed by atoms with van der Waals surface area (Å²) < 4.78 is 0. The molecule has 0 fully saturated rings. The van der Waals surface area contributed by atoms with Gasteiger partial charge in [-0.15, -0.1) is 11.8 Å². The Morgan fingerprint density at radius 2 is 1.65 bits per heavy atom. The highest BCUT2D eigenvalue weighted by molar-refractivity contribution is 7.98. The molecule has 0 saturated carbocycles. The van der Waals surface area contributed by atoms with Crippen molar-refractivity contribution in [3.05, 3.63) is 59.2 Å². The molecule has 0 aliphatic heterocycles. The molecular weight excluding hydrogens is 262 g/mol. The van der Waals surface area contributed by atoms with E-state index in [4.69, 9.17) is 5.73 Å². The Morgan fingerprint density at radius 1 is 1.00 bits per heavy atom. The molecule has 0 bridgehead atoms. The van der Waals surface area contributed by atoms with Crippen LogP contribution in [0.3, 0.4) is 0 Å². The first kappa shape index (κ1) is 15.0. The van der Waals surface area contributed by atoms with E-state index in [9.17, 15) is 0 Å². The van der Waals surface area contributed by atoms with E-state index >= 15 is 0 Å². The molecular formula is C18H23NS. The van der Waals surface area contributed by atoms with Gasteiger partial charge >= 0.3 is 0 Å². The number of hydrogen-bond acceptors (Lipinski definition) is 2. The van der Waals surface area contributed by atoms with Crippen LogP contribution in [0.4, 0.5) is 5.69 Å². The summed E-state index contributed by atoms with van der Waals surface area (Å²) in [5.41, 5.74) is 11.1. The maximum atomic E-state index is 6.01. The van der Waals surface area contributed by atoms with E-state index in [1.54, 1.807) is 11.8 Å². The van der Waals surface area contributed by atoms with Crippen molar-refractivity contribution < 1.29 is 0 Å². The average Bonchev–Trinajstić information content (AvgIpc) is 2.39. The minimum Gasteiger partial charge on any atom is -0.398 e. The van der Waals surface area contributed by atoms with Gasteiger partial charge in [-0.2, -0.15) is 0 Å². The Morgan fingerprint density at radius 3 is 2.25 bits per heavy atom. The Balaban J connectivity index is 2.06. The molecule has 1 nitrogen and oxygen atoms in total. The normalized spacial score (nSPS) is 11.6. The number of nitrogens with two attached hydrogens (primary N) is 1. The number of thioether (sulfide) groups is 1. The Labute approximate surface area is 126 Å². The molecule has 0 unspecified atom stereocenters. The first-order valence-corrected chi connectivity index (χ1v) is 7.93. The fraction of sp³-hybridized carbons (Fsp3) is 0.333. The van der Waals surface area contributed by atoms with Crippen LogP contribution in [0.2, 0.25) is 0 Å². The molecule has 0 saturated heterocycles.